The van der Waals surface area contributed by atoms with Crippen LogP contribution in [-0.4, -0.2) is 30.2 Å². The maximum absolute atomic E-state index is 6.03. The van der Waals surface area contributed by atoms with Crippen molar-refractivity contribution in [3.8, 4) is 0 Å². The van der Waals surface area contributed by atoms with Gasteiger partial charge in [0.25, 0.3) is 0 Å². The van der Waals surface area contributed by atoms with Crippen molar-refractivity contribution in [3.63, 3.8) is 0 Å². The molecule has 1 aromatic carbocycles. The molecule has 2 aromatic rings. The Morgan fingerprint density at radius 2 is 1.90 bits per heavy atom. The van der Waals surface area contributed by atoms with Crippen molar-refractivity contribution in [2.24, 2.45) is 0 Å². The zero-order chi connectivity index (χ0) is 14.4. The van der Waals surface area contributed by atoms with Crippen molar-refractivity contribution in [2.75, 3.05) is 36.6 Å². The highest BCUT2D eigenvalue weighted by atomic mass is 35.5. The van der Waals surface area contributed by atoms with Crippen molar-refractivity contribution in [3.05, 3.63) is 35.6 Å². The van der Waals surface area contributed by atoms with Gasteiger partial charge < -0.3 is 21.1 Å². The van der Waals surface area contributed by atoms with Gasteiger partial charge >= 0.3 is 0 Å². The van der Waals surface area contributed by atoms with Gasteiger partial charge in [-0.15, -0.1) is 0 Å². The van der Waals surface area contributed by atoms with E-state index in [2.05, 4.69) is 20.6 Å². The molecule has 0 aliphatic carbocycles. The van der Waals surface area contributed by atoms with Gasteiger partial charge in [-0.3, -0.25) is 0 Å². The van der Waals surface area contributed by atoms with Crippen LogP contribution in [0.2, 0.25) is 5.02 Å². The van der Waals surface area contributed by atoms with Crippen LogP contribution in [0.1, 0.15) is 0 Å². The average Bonchev–Trinajstić information content (AvgIpc) is 2.45. The maximum atomic E-state index is 6.03. The number of halogens is 1. The van der Waals surface area contributed by atoms with Crippen LogP contribution in [0.3, 0.4) is 0 Å². The summed E-state index contributed by atoms with van der Waals surface area (Å²) in [6.07, 6.45) is 1.45. The van der Waals surface area contributed by atoms with Crippen molar-refractivity contribution < 1.29 is 4.74 Å². The third kappa shape index (κ3) is 3.72. The summed E-state index contributed by atoms with van der Waals surface area (Å²) < 4.78 is 4.97. The Kier molecular flexibility index (Phi) is 4.97. The van der Waals surface area contributed by atoms with Crippen LogP contribution in [0.5, 0.6) is 0 Å². The SMILES string of the molecule is COCCNc1ncnc(Nc2ccc(Cl)cc2)c1N. The van der Waals surface area contributed by atoms with E-state index in [1.54, 1.807) is 19.2 Å². The first-order chi connectivity index (χ1) is 9.70. The van der Waals surface area contributed by atoms with Crippen LogP contribution < -0.4 is 16.4 Å². The molecule has 0 atom stereocenters. The van der Waals surface area contributed by atoms with Crippen LogP contribution in [0.15, 0.2) is 30.6 Å². The number of hydrogen-bond acceptors (Lipinski definition) is 6. The molecule has 6 nitrogen and oxygen atoms in total. The highest BCUT2D eigenvalue weighted by Crippen LogP contribution is 2.26. The summed E-state index contributed by atoms with van der Waals surface area (Å²) in [6, 6.07) is 7.28. The fourth-order valence-corrected chi connectivity index (χ4v) is 1.70. The lowest BCUT2D eigenvalue weighted by Gasteiger charge is -2.12. The Morgan fingerprint density at radius 1 is 1.20 bits per heavy atom. The molecular weight excluding hydrogens is 278 g/mol. The molecule has 0 aliphatic heterocycles. The summed E-state index contributed by atoms with van der Waals surface area (Å²) in [5, 5.41) is 6.89. The summed E-state index contributed by atoms with van der Waals surface area (Å²) in [4.78, 5) is 8.24. The molecule has 0 spiro atoms. The first kappa shape index (κ1) is 14.4. The van der Waals surface area contributed by atoms with Gasteiger partial charge in [0.1, 0.15) is 12.0 Å². The largest absolute Gasteiger partial charge is 0.393 e. The molecule has 7 heteroatoms. The van der Waals surface area contributed by atoms with Crippen molar-refractivity contribution in [1.82, 2.24) is 9.97 Å². The predicted octanol–water partition coefficient (Wildman–Crippen LogP) is 2.51. The summed E-state index contributed by atoms with van der Waals surface area (Å²) in [5.41, 5.74) is 7.33. The number of aromatic nitrogens is 2. The van der Waals surface area contributed by atoms with Gasteiger partial charge in [0.05, 0.1) is 6.61 Å². The molecule has 1 heterocycles. The number of methoxy groups -OCH3 is 1. The van der Waals surface area contributed by atoms with E-state index < -0.39 is 0 Å². The number of nitrogen functional groups attached to an aromatic ring is 1. The first-order valence-electron chi connectivity index (χ1n) is 6.06. The number of nitrogens with one attached hydrogen (secondary N) is 2. The van der Waals surface area contributed by atoms with E-state index in [4.69, 9.17) is 22.1 Å². The Balaban J connectivity index is 2.11. The highest BCUT2D eigenvalue weighted by Gasteiger charge is 2.07. The lowest BCUT2D eigenvalue weighted by atomic mass is 10.3. The maximum Gasteiger partial charge on any atom is 0.159 e. The molecular formula is C13H16ClN5O. The van der Waals surface area contributed by atoms with E-state index in [9.17, 15) is 0 Å². The zero-order valence-corrected chi connectivity index (χ0v) is 11.8. The van der Waals surface area contributed by atoms with E-state index in [-0.39, 0.29) is 0 Å². The molecule has 0 unspecified atom stereocenters. The second kappa shape index (κ2) is 6.93. The molecule has 0 bridgehead atoms. The molecule has 0 radical (unpaired) electrons. The normalized spacial score (nSPS) is 10.3. The summed E-state index contributed by atoms with van der Waals surface area (Å²) >= 11 is 5.84. The van der Waals surface area contributed by atoms with Gasteiger partial charge in [0.15, 0.2) is 11.6 Å². The smallest absolute Gasteiger partial charge is 0.159 e. The standard InChI is InChI=1S/C13H16ClN5O/c1-20-7-6-16-12-11(15)13(18-8-17-12)19-10-4-2-9(14)3-5-10/h2-5,8H,6-7,15H2,1H3,(H2,16,17,18,19). The molecule has 20 heavy (non-hydrogen) atoms. The third-order valence-corrected chi connectivity index (χ3v) is 2.84. The van der Waals surface area contributed by atoms with Crippen molar-refractivity contribution in [1.29, 1.82) is 0 Å². The first-order valence-corrected chi connectivity index (χ1v) is 6.44. The number of rotatable bonds is 6. The number of nitrogens with zero attached hydrogens (tertiary/aromatic N) is 2. The quantitative estimate of drug-likeness (QED) is 0.710. The summed E-state index contributed by atoms with van der Waals surface area (Å²) in [6.45, 7) is 1.20. The van der Waals surface area contributed by atoms with E-state index >= 15 is 0 Å². The molecule has 0 saturated carbocycles. The van der Waals surface area contributed by atoms with E-state index in [1.165, 1.54) is 6.33 Å². The van der Waals surface area contributed by atoms with Crippen LogP contribution >= 0.6 is 11.6 Å². The lowest BCUT2D eigenvalue weighted by molar-refractivity contribution is 0.210. The predicted molar refractivity (Wildman–Crippen MR) is 81.5 cm³/mol. The number of nitrogens with two attached hydrogens (primary N) is 1. The van der Waals surface area contributed by atoms with Crippen LogP contribution in [0.25, 0.3) is 0 Å². The Labute approximate surface area is 122 Å². The Morgan fingerprint density at radius 3 is 2.60 bits per heavy atom. The van der Waals surface area contributed by atoms with Gasteiger partial charge in [-0.05, 0) is 24.3 Å². The molecule has 0 amide bonds. The minimum Gasteiger partial charge on any atom is -0.393 e. The van der Waals surface area contributed by atoms with Gasteiger partial charge in [0, 0.05) is 24.4 Å². The fraction of sp³-hybridized carbons (Fsp3) is 0.231. The molecule has 0 fully saturated rings. The number of hydrogen-bond donors (Lipinski definition) is 3. The van der Waals surface area contributed by atoms with Crippen LogP contribution in [0.4, 0.5) is 23.0 Å². The summed E-state index contributed by atoms with van der Waals surface area (Å²) in [5.74, 6) is 1.12. The fourth-order valence-electron chi connectivity index (χ4n) is 1.58. The average molecular weight is 294 g/mol. The van der Waals surface area contributed by atoms with E-state index in [0.29, 0.717) is 35.5 Å². The topological polar surface area (TPSA) is 85.1 Å². The molecule has 1 aromatic heterocycles. The van der Waals surface area contributed by atoms with Crippen molar-refractivity contribution >= 4 is 34.6 Å². The molecule has 4 N–H and O–H groups in total. The summed E-state index contributed by atoms with van der Waals surface area (Å²) in [7, 11) is 1.64. The number of benzene rings is 1. The van der Waals surface area contributed by atoms with Crippen molar-refractivity contribution in [2.45, 2.75) is 0 Å². The monoisotopic (exact) mass is 293 g/mol. The second-order valence-corrected chi connectivity index (χ2v) is 4.47. The van der Waals surface area contributed by atoms with Gasteiger partial charge in [-0.1, -0.05) is 11.6 Å². The zero-order valence-electron chi connectivity index (χ0n) is 11.1. The molecule has 0 aliphatic rings. The Hall–Kier alpha value is -2.05. The minimum atomic E-state index is 0.457. The third-order valence-electron chi connectivity index (χ3n) is 2.59. The molecule has 2 rings (SSSR count). The highest BCUT2D eigenvalue weighted by molar-refractivity contribution is 6.30. The van der Waals surface area contributed by atoms with Crippen LogP contribution in [-0.2, 0) is 4.74 Å². The number of ether oxygens (including phenoxy) is 1. The number of anilines is 4. The minimum absolute atomic E-state index is 0.457. The molecule has 106 valence electrons. The van der Waals surface area contributed by atoms with Gasteiger partial charge in [-0.2, -0.15) is 0 Å². The lowest BCUT2D eigenvalue weighted by Crippen LogP contribution is -2.12. The molecule has 0 saturated heterocycles. The Bertz CT molecular complexity index is 561. The van der Waals surface area contributed by atoms with Gasteiger partial charge in [0.2, 0.25) is 0 Å². The van der Waals surface area contributed by atoms with E-state index in [0.717, 1.165) is 5.69 Å². The second-order valence-electron chi connectivity index (χ2n) is 4.04. The van der Waals surface area contributed by atoms with Crippen LogP contribution in [0, 0.1) is 0 Å². The van der Waals surface area contributed by atoms with Gasteiger partial charge in [-0.25, -0.2) is 9.97 Å². The van der Waals surface area contributed by atoms with E-state index in [1.807, 2.05) is 12.1 Å².